The lowest BCUT2D eigenvalue weighted by Gasteiger charge is -2.18. The van der Waals surface area contributed by atoms with Gasteiger partial charge < -0.3 is 35.3 Å². The number of phosphoric acid groups is 1. The maximum atomic E-state index is 12.6. The number of nitrogens with one attached hydrogen (secondary N) is 1. The summed E-state index contributed by atoms with van der Waals surface area (Å²) in [7, 11) is -3.58. The van der Waals surface area contributed by atoms with Crippen LogP contribution in [-0.4, -0.2) is 90.9 Å². The van der Waals surface area contributed by atoms with Gasteiger partial charge in [-0.25, -0.2) is 24.3 Å². The molecule has 42 heavy (non-hydrogen) atoms. The molecule has 0 radical (unpaired) electrons. The SMILES string of the molecule is COC(=O)[C@H](Cc1ccc(OP(=O)(O)OC[C@H]2O[C@@H](n3cnc4c(N)ncnc43)[C@H](O)[C@@H]2O)cc1)NC(=O)/C=C/C=O. The second-order valence-electron chi connectivity index (χ2n) is 8.91. The number of carbonyl (C=O) groups is 3. The van der Waals surface area contributed by atoms with Crippen molar-refractivity contribution in [3.05, 3.63) is 54.6 Å². The molecule has 3 aromatic rings. The van der Waals surface area contributed by atoms with Crippen LogP contribution in [0.15, 0.2) is 49.1 Å². The molecule has 2 aromatic heterocycles. The van der Waals surface area contributed by atoms with Gasteiger partial charge in [0, 0.05) is 12.5 Å². The van der Waals surface area contributed by atoms with Crippen LogP contribution in [0.1, 0.15) is 11.8 Å². The highest BCUT2D eigenvalue weighted by Crippen LogP contribution is 2.45. The predicted molar refractivity (Wildman–Crippen MR) is 141 cm³/mol. The number of allylic oxidation sites excluding steroid dienone is 1. The number of aldehydes is 1. The number of aliphatic hydroxyl groups is 2. The molecule has 224 valence electrons. The van der Waals surface area contributed by atoms with E-state index in [4.69, 9.17) is 24.3 Å². The topological polar surface area (TPSA) is 248 Å². The number of hydrogen-bond donors (Lipinski definition) is 5. The number of amides is 1. The zero-order valence-electron chi connectivity index (χ0n) is 21.9. The second-order valence-corrected chi connectivity index (χ2v) is 10.3. The summed E-state index contributed by atoms with van der Waals surface area (Å²) in [5, 5.41) is 23.4. The van der Waals surface area contributed by atoms with Gasteiger partial charge in [-0.3, -0.25) is 23.6 Å². The van der Waals surface area contributed by atoms with Crippen molar-refractivity contribution < 1.29 is 52.6 Å². The fourth-order valence-electron chi connectivity index (χ4n) is 4.08. The van der Waals surface area contributed by atoms with Crippen LogP contribution >= 0.6 is 7.82 Å². The average Bonchev–Trinajstić information content (AvgIpc) is 3.52. The zero-order chi connectivity index (χ0) is 30.4. The van der Waals surface area contributed by atoms with Gasteiger partial charge in [0.25, 0.3) is 0 Å². The van der Waals surface area contributed by atoms with Gasteiger partial charge in [0.15, 0.2) is 17.7 Å². The molecule has 1 aromatic carbocycles. The zero-order valence-corrected chi connectivity index (χ0v) is 22.8. The number of rotatable bonds is 12. The van der Waals surface area contributed by atoms with Gasteiger partial charge in [-0.05, 0) is 23.8 Å². The van der Waals surface area contributed by atoms with Crippen LogP contribution in [0.25, 0.3) is 11.2 Å². The lowest BCUT2D eigenvalue weighted by molar-refractivity contribution is -0.144. The van der Waals surface area contributed by atoms with Crippen molar-refractivity contribution in [1.29, 1.82) is 0 Å². The van der Waals surface area contributed by atoms with Crippen LogP contribution in [0, 0.1) is 0 Å². The molecule has 1 aliphatic heterocycles. The van der Waals surface area contributed by atoms with E-state index in [1.165, 1.54) is 41.5 Å². The summed E-state index contributed by atoms with van der Waals surface area (Å²) in [6, 6.07) is 4.56. The van der Waals surface area contributed by atoms with Gasteiger partial charge in [-0.1, -0.05) is 12.1 Å². The number of benzene rings is 1. The summed E-state index contributed by atoms with van der Waals surface area (Å²) >= 11 is 0. The highest BCUT2D eigenvalue weighted by molar-refractivity contribution is 7.47. The molecule has 0 aliphatic carbocycles. The Morgan fingerprint density at radius 3 is 2.64 bits per heavy atom. The molecule has 6 N–H and O–H groups in total. The number of anilines is 1. The van der Waals surface area contributed by atoms with Crippen molar-refractivity contribution in [2.45, 2.75) is 37.0 Å². The van der Waals surface area contributed by atoms with Crippen LogP contribution in [0.5, 0.6) is 5.75 Å². The van der Waals surface area contributed by atoms with Crippen LogP contribution in [0.4, 0.5) is 5.82 Å². The molecule has 17 nitrogen and oxygen atoms in total. The number of fused-ring (bicyclic) bond motifs is 1. The molecule has 1 saturated heterocycles. The minimum absolute atomic E-state index is 0.00609. The molecule has 4 rings (SSSR count). The molecule has 1 amide bonds. The van der Waals surface area contributed by atoms with Crippen molar-refractivity contribution >= 4 is 43.0 Å². The van der Waals surface area contributed by atoms with Crippen molar-refractivity contribution in [2.24, 2.45) is 0 Å². The number of aliphatic hydroxyl groups excluding tert-OH is 2. The minimum Gasteiger partial charge on any atom is -0.467 e. The summed E-state index contributed by atoms with van der Waals surface area (Å²) in [4.78, 5) is 56.5. The fourth-order valence-corrected chi connectivity index (χ4v) is 4.86. The van der Waals surface area contributed by atoms with Gasteiger partial charge in [0.05, 0.1) is 20.0 Å². The third kappa shape index (κ3) is 7.14. The summed E-state index contributed by atoms with van der Waals surface area (Å²) in [5.41, 5.74) is 6.82. The lowest BCUT2D eigenvalue weighted by atomic mass is 10.1. The highest BCUT2D eigenvalue weighted by atomic mass is 31.2. The van der Waals surface area contributed by atoms with E-state index in [9.17, 15) is 34.1 Å². The molecule has 18 heteroatoms. The maximum Gasteiger partial charge on any atom is 0.527 e. The lowest BCUT2D eigenvalue weighted by Crippen LogP contribution is -2.42. The Morgan fingerprint density at radius 2 is 1.95 bits per heavy atom. The van der Waals surface area contributed by atoms with Crippen molar-refractivity contribution in [3.8, 4) is 5.75 Å². The van der Waals surface area contributed by atoms with Crippen LogP contribution < -0.4 is 15.6 Å². The van der Waals surface area contributed by atoms with E-state index in [2.05, 4.69) is 20.3 Å². The van der Waals surface area contributed by atoms with Crippen LogP contribution in [0.2, 0.25) is 0 Å². The standard InChI is InChI=1S/C24H27N6O11P/c1-38-24(35)15(29-17(32)3-2-8-31)9-13-4-6-14(7-5-13)41-42(36,37)39-10-16-19(33)20(34)23(40-16)30-12-28-18-21(25)26-11-27-22(18)30/h2-8,11-12,15-16,19-20,23,33-34H,9-10H2,1H3,(H,29,32)(H,36,37)(H2,25,26,27)/b3-2+/t15-,16+,19+,20+,23+/m0/s1. The van der Waals surface area contributed by atoms with Gasteiger partial charge in [0.1, 0.15) is 48.2 Å². The number of phosphoric ester groups is 1. The molecule has 1 aliphatic rings. The minimum atomic E-state index is -4.73. The first-order valence-corrected chi connectivity index (χ1v) is 13.7. The fraction of sp³-hybridized carbons (Fsp3) is 0.333. The molecule has 0 spiro atoms. The Bertz CT molecular complexity index is 1510. The summed E-state index contributed by atoms with van der Waals surface area (Å²) < 4.78 is 34.4. The van der Waals surface area contributed by atoms with E-state index in [1.54, 1.807) is 0 Å². The number of ether oxygens (including phenoxy) is 2. The van der Waals surface area contributed by atoms with Crippen LogP contribution in [0.3, 0.4) is 0 Å². The molecular formula is C24H27N6O11P. The number of hydrogen-bond acceptors (Lipinski definition) is 14. The number of nitrogen functional groups attached to an aromatic ring is 1. The first-order chi connectivity index (χ1) is 20.0. The summed E-state index contributed by atoms with van der Waals surface area (Å²) in [6.07, 6.45) is -0.487. The Kier molecular flexibility index (Phi) is 9.62. The van der Waals surface area contributed by atoms with Gasteiger partial charge in [-0.2, -0.15) is 0 Å². The Morgan fingerprint density at radius 1 is 1.21 bits per heavy atom. The molecule has 6 atom stereocenters. The Balaban J connectivity index is 1.35. The smallest absolute Gasteiger partial charge is 0.467 e. The highest BCUT2D eigenvalue weighted by Gasteiger charge is 2.45. The number of imidazole rings is 1. The molecular weight excluding hydrogens is 579 g/mol. The Labute approximate surface area is 237 Å². The summed E-state index contributed by atoms with van der Waals surface area (Å²) in [5.74, 6) is -1.36. The van der Waals surface area contributed by atoms with Gasteiger partial charge in [0.2, 0.25) is 5.91 Å². The monoisotopic (exact) mass is 606 g/mol. The predicted octanol–water partition coefficient (Wildman–Crippen LogP) is -0.821. The molecule has 0 saturated carbocycles. The molecule has 0 bridgehead atoms. The average molecular weight is 606 g/mol. The van der Waals surface area contributed by atoms with Gasteiger partial charge in [-0.15, -0.1) is 0 Å². The van der Waals surface area contributed by atoms with Crippen molar-refractivity contribution in [2.75, 3.05) is 19.5 Å². The molecule has 1 fully saturated rings. The number of nitrogens with zero attached hydrogens (tertiary/aromatic N) is 4. The van der Waals surface area contributed by atoms with E-state index in [0.717, 1.165) is 19.3 Å². The number of carbonyl (C=O) groups excluding carboxylic acids is 3. The first kappa shape index (κ1) is 30.7. The van der Waals surface area contributed by atoms with E-state index in [1.807, 2.05) is 0 Å². The molecule has 1 unspecified atom stereocenters. The van der Waals surface area contributed by atoms with Crippen molar-refractivity contribution in [1.82, 2.24) is 24.8 Å². The van der Waals surface area contributed by atoms with Crippen molar-refractivity contribution in [3.63, 3.8) is 0 Å². The van der Waals surface area contributed by atoms with E-state index in [-0.39, 0.29) is 29.2 Å². The number of methoxy groups -OCH3 is 1. The number of aromatic nitrogens is 4. The Hall–Kier alpha value is -4.25. The largest absolute Gasteiger partial charge is 0.527 e. The quantitative estimate of drug-likeness (QED) is 0.0731. The first-order valence-electron chi connectivity index (χ1n) is 12.2. The number of esters is 1. The van der Waals surface area contributed by atoms with E-state index < -0.39 is 56.9 Å². The van der Waals surface area contributed by atoms with Crippen LogP contribution in [-0.2, 0) is 39.4 Å². The third-order valence-electron chi connectivity index (χ3n) is 6.11. The third-order valence-corrected chi connectivity index (χ3v) is 7.03. The molecule has 3 heterocycles. The summed E-state index contributed by atoms with van der Waals surface area (Å²) in [6.45, 7) is -0.622. The van der Waals surface area contributed by atoms with E-state index in [0.29, 0.717) is 11.8 Å². The normalized spacial score (nSPS) is 22.5. The maximum absolute atomic E-state index is 12.6. The van der Waals surface area contributed by atoms with Gasteiger partial charge >= 0.3 is 13.8 Å². The van der Waals surface area contributed by atoms with E-state index >= 15 is 0 Å². The second kappa shape index (κ2) is 13.2. The number of nitrogens with two attached hydrogens (primary N) is 1.